The first-order chi connectivity index (χ1) is 7.47. The lowest BCUT2D eigenvalue weighted by Gasteiger charge is -2.19. The maximum Gasteiger partial charge on any atom is 0.125 e. The van der Waals surface area contributed by atoms with E-state index >= 15 is 0 Å². The molecule has 2 unspecified atom stereocenters. The number of methoxy groups -OCH3 is 1. The number of ether oxygens (including phenoxy) is 1. The summed E-state index contributed by atoms with van der Waals surface area (Å²) >= 11 is 0. The van der Waals surface area contributed by atoms with Crippen molar-refractivity contribution in [2.45, 2.75) is 46.1 Å². The van der Waals surface area contributed by atoms with Crippen molar-refractivity contribution in [3.63, 3.8) is 0 Å². The molecular weight excluding hydrogens is 200 g/mol. The zero-order valence-corrected chi connectivity index (χ0v) is 10.9. The molecule has 16 heavy (non-hydrogen) atoms. The molecule has 0 heterocycles. The fraction of sp³-hybridized carbons (Fsp3) is 0.571. The lowest BCUT2D eigenvalue weighted by atomic mass is 9.91. The van der Waals surface area contributed by atoms with Crippen LogP contribution in [-0.4, -0.2) is 18.3 Å². The van der Waals surface area contributed by atoms with E-state index in [1.165, 1.54) is 16.7 Å². The average molecular weight is 222 g/mol. The maximum absolute atomic E-state index is 9.43. The molecule has 0 spiro atoms. The monoisotopic (exact) mass is 222 g/mol. The standard InChI is InChI=1S/C14H22O2/c1-9-6-7-13(10(2)8-11(3)15)14(16-5)12(9)4/h6-7,10-11,15H,8H2,1-5H3. The van der Waals surface area contributed by atoms with Crippen LogP contribution in [0.3, 0.4) is 0 Å². The van der Waals surface area contributed by atoms with Gasteiger partial charge in [-0.3, -0.25) is 0 Å². The van der Waals surface area contributed by atoms with E-state index in [0.717, 1.165) is 12.2 Å². The molecule has 90 valence electrons. The van der Waals surface area contributed by atoms with Gasteiger partial charge in [0.1, 0.15) is 5.75 Å². The number of rotatable bonds is 4. The maximum atomic E-state index is 9.43. The fourth-order valence-electron chi connectivity index (χ4n) is 2.11. The lowest BCUT2D eigenvalue weighted by molar-refractivity contribution is 0.176. The number of aliphatic hydroxyl groups is 1. The third kappa shape index (κ3) is 2.76. The number of aryl methyl sites for hydroxylation is 1. The molecule has 2 atom stereocenters. The highest BCUT2D eigenvalue weighted by molar-refractivity contribution is 5.46. The van der Waals surface area contributed by atoms with Crippen LogP contribution in [0.1, 0.15) is 42.9 Å². The van der Waals surface area contributed by atoms with Gasteiger partial charge in [0.15, 0.2) is 0 Å². The molecule has 1 aromatic carbocycles. The number of aliphatic hydroxyl groups excluding tert-OH is 1. The van der Waals surface area contributed by atoms with E-state index in [1.54, 1.807) is 7.11 Å². The fourth-order valence-corrected chi connectivity index (χ4v) is 2.11. The third-order valence-electron chi connectivity index (χ3n) is 3.14. The Kier molecular flexibility index (Phi) is 4.36. The highest BCUT2D eigenvalue weighted by Gasteiger charge is 2.16. The molecule has 0 amide bonds. The van der Waals surface area contributed by atoms with E-state index < -0.39 is 0 Å². The van der Waals surface area contributed by atoms with E-state index in [9.17, 15) is 5.11 Å². The van der Waals surface area contributed by atoms with E-state index in [2.05, 4.69) is 32.9 Å². The van der Waals surface area contributed by atoms with Crippen LogP contribution in [0.2, 0.25) is 0 Å². The van der Waals surface area contributed by atoms with Crippen molar-refractivity contribution in [2.24, 2.45) is 0 Å². The molecular formula is C14H22O2. The molecule has 1 rings (SSSR count). The quantitative estimate of drug-likeness (QED) is 0.847. The van der Waals surface area contributed by atoms with E-state index in [4.69, 9.17) is 4.74 Å². The zero-order chi connectivity index (χ0) is 12.3. The van der Waals surface area contributed by atoms with Crippen LogP contribution in [0.4, 0.5) is 0 Å². The van der Waals surface area contributed by atoms with Gasteiger partial charge in [0.25, 0.3) is 0 Å². The van der Waals surface area contributed by atoms with Gasteiger partial charge in [-0.2, -0.15) is 0 Å². The summed E-state index contributed by atoms with van der Waals surface area (Å²) in [6.07, 6.45) is 0.486. The molecule has 2 heteroatoms. The number of benzene rings is 1. The first kappa shape index (κ1) is 13.0. The van der Waals surface area contributed by atoms with E-state index in [0.29, 0.717) is 5.92 Å². The summed E-state index contributed by atoms with van der Waals surface area (Å²) in [5, 5.41) is 9.43. The van der Waals surface area contributed by atoms with Crippen LogP contribution < -0.4 is 4.74 Å². The molecule has 0 radical (unpaired) electrons. The molecule has 1 N–H and O–H groups in total. The van der Waals surface area contributed by atoms with Crippen LogP contribution in [0.25, 0.3) is 0 Å². The first-order valence-electron chi connectivity index (χ1n) is 5.79. The van der Waals surface area contributed by atoms with E-state index in [-0.39, 0.29) is 6.10 Å². The van der Waals surface area contributed by atoms with Crippen molar-refractivity contribution in [3.05, 3.63) is 28.8 Å². The first-order valence-corrected chi connectivity index (χ1v) is 5.79. The smallest absolute Gasteiger partial charge is 0.125 e. The van der Waals surface area contributed by atoms with Crippen molar-refractivity contribution in [2.75, 3.05) is 7.11 Å². The molecule has 2 nitrogen and oxygen atoms in total. The Morgan fingerprint density at radius 1 is 1.25 bits per heavy atom. The highest BCUT2D eigenvalue weighted by Crippen LogP contribution is 2.33. The second-order valence-corrected chi connectivity index (χ2v) is 4.62. The minimum Gasteiger partial charge on any atom is -0.496 e. The van der Waals surface area contributed by atoms with Crippen LogP contribution in [0, 0.1) is 13.8 Å². The summed E-state index contributed by atoms with van der Waals surface area (Å²) in [5.74, 6) is 1.28. The molecule has 0 fully saturated rings. The predicted molar refractivity (Wildman–Crippen MR) is 67.2 cm³/mol. The minimum atomic E-state index is -0.277. The largest absolute Gasteiger partial charge is 0.496 e. The highest BCUT2D eigenvalue weighted by atomic mass is 16.5. The second kappa shape index (κ2) is 5.35. The predicted octanol–water partition coefficient (Wildman–Crippen LogP) is 3.19. The van der Waals surface area contributed by atoms with Gasteiger partial charge in [-0.15, -0.1) is 0 Å². The Labute approximate surface area is 98.3 Å². The van der Waals surface area contributed by atoms with Crippen molar-refractivity contribution >= 4 is 0 Å². The molecule has 1 aromatic rings. The Morgan fingerprint density at radius 2 is 1.88 bits per heavy atom. The van der Waals surface area contributed by atoms with Gasteiger partial charge < -0.3 is 9.84 Å². The second-order valence-electron chi connectivity index (χ2n) is 4.62. The Balaban J connectivity index is 3.08. The van der Waals surface area contributed by atoms with E-state index in [1.807, 2.05) is 6.92 Å². The lowest BCUT2D eigenvalue weighted by Crippen LogP contribution is -2.08. The van der Waals surface area contributed by atoms with Crippen LogP contribution in [0.15, 0.2) is 12.1 Å². The minimum absolute atomic E-state index is 0.277. The van der Waals surface area contributed by atoms with Gasteiger partial charge in [-0.05, 0) is 49.8 Å². The SMILES string of the molecule is COc1c(C(C)CC(C)O)ccc(C)c1C. The summed E-state index contributed by atoms with van der Waals surface area (Å²) in [7, 11) is 1.71. The third-order valence-corrected chi connectivity index (χ3v) is 3.14. The topological polar surface area (TPSA) is 29.5 Å². The summed E-state index contributed by atoms with van der Waals surface area (Å²) in [6.45, 7) is 8.11. The van der Waals surface area contributed by atoms with Gasteiger partial charge in [-0.1, -0.05) is 19.1 Å². The van der Waals surface area contributed by atoms with Crippen molar-refractivity contribution in [1.29, 1.82) is 0 Å². The Bertz CT molecular complexity index is 356. The molecule has 0 aliphatic carbocycles. The molecule has 0 saturated carbocycles. The van der Waals surface area contributed by atoms with Crippen molar-refractivity contribution < 1.29 is 9.84 Å². The number of hydrogen-bond donors (Lipinski definition) is 1. The summed E-state index contributed by atoms with van der Waals surface area (Å²) in [4.78, 5) is 0. The summed E-state index contributed by atoms with van der Waals surface area (Å²) in [5.41, 5.74) is 3.62. The zero-order valence-electron chi connectivity index (χ0n) is 10.9. The summed E-state index contributed by atoms with van der Waals surface area (Å²) < 4.78 is 5.48. The van der Waals surface area contributed by atoms with Gasteiger partial charge in [-0.25, -0.2) is 0 Å². The number of hydrogen-bond acceptors (Lipinski definition) is 2. The van der Waals surface area contributed by atoms with Gasteiger partial charge in [0.2, 0.25) is 0 Å². The van der Waals surface area contributed by atoms with Crippen LogP contribution >= 0.6 is 0 Å². The van der Waals surface area contributed by atoms with Crippen LogP contribution in [0.5, 0.6) is 5.75 Å². The van der Waals surface area contributed by atoms with Gasteiger partial charge in [0.05, 0.1) is 13.2 Å². The Morgan fingerprint density at radius 3 is 2.38 bits per heavy atom. The summed E-state index contributed by atoms with van der Waals surface area (Å²) in [6, 6.07) is 4.22. The average Bonchev–Trinajstić information content (AvgIpc) is 2.20. The van der Waals surface area contributed by atoms with Crippen LogP contribution in [-0.2, 0) is 0 Å². The van der Waals surface area contributed by atoms with Gasteiger partial charge >= 0.3 is 0 Å². The molecule has 0 aromatic heterocycles. The van der Waals surface area contributed by atoms with Crippen molar-refractivity contribution in [3.8, 4) is 5.75 Å². The molecule has 0 saturated heterocycles. The molecule has 0 bridgehead atoms. The van der Waals surface area contributed by atoms with Gasteiger partial charge in [0, 0.05) is 0 Å². The Hall–Kier alpha value is -1.02. The molecule has 0 aliphatic rings. The molecule has 0 aliphatic heterocycles. The normalized spacial score (nSPS) is 14.6. The van der Waals surface area contributed by atoms with Crippen molar-refractivity contribution in [1.82, 2.24) is 0 Å².